The first kappa shape index (κ1) is 15.6. The summed E-state index contributed by atoms with van der Waals surface area (Å²) in [5, 5.41) is 6.35. The van der Waals surface area contributed by atoms with Crippen molar-refractivity contribution in [1.82, 2.24) is 9.97 Å². The molecular weight excluding hydrogens is 305 g/mol. The van der Waals surface area contributed by atoms with Crippen LogP contribution in [0.3, 0.4) is 0 Å². The van der Waals surface area contributed by atoms with Crippen LogP contribution in [0.1, 0.15) is 31.2 Å². The summed E-state index contributed by atoms with van der Waals surface area (Å²) in [6, 6.07) is 7.05. The Morgan fingerprint density at radius 1 is 0.957 bits per heavy atom. The van der Waals surface area contributed by atoms with Gasteiger partial charge in [0.15, 0.2) is 0 Å². The van der Waals surface area contributed by atoms with E-state index in [1.165, 1.54) is 31.3 Å². The highest BCUT2D eigenvalue weighted by molar-refractivity contribution is 5.59. The van der Waals surface area contributed by atoms with E-state index < -0.39 is 11.7 Å². The molecule has 0 spiro atoms. The highest BCUT2D eigenvalue weighted by atomic mass is 19.4. The van der Waals surface area contributed by atoms with Crippen molar-refractivity contribution in [3.05, 3.63) is 42.2 Å². The van der Waals surface area contributed by atoms with Gasteiger partial charge >= 0.3 is 6.18 Å². The number of hydrogen-bond donors (Lipinski definition) is 2. The summed E-state index contributed by atoms with van der Waals surface area (Å²) in [5.41, 5.74) is -0.127. The number of anilines is 3. The number of nitrogens with one attached hydrogen (secondary N) is 2. The van der Waals surface area contributed by atoms with E-state index in [1.807, 2.05) is 0 Å². The van der Waals surface area contributed by atoms with Gasteiger partial charge in [0, 0.05) is 17.8 Å². The Labute approximate surface area is 132 Å². The molecule has 1 fully saturated rings. The average Bonchev–Trinajstić information content (AvgIpc) is 3.00. The molecule has 2 N–H and O–H groups in total. The van der Waals surface area contributed by atoms with Gasteiger partial charge in [-0.25, -0.2) is 9.97 Å². The molecule has 0 bridgehead atoms. The fourth-order valence-corrected chi connectivity index (χ4v) is 2.67. The van der Waals surface area contributed by atoms with Gasteiger partial charge < -0.3 is 10.6 Å². The van der Waals surface area contributed by atoms with Gasteiger partial charge in [0.25, 0.3) is 0 Å². The normalized spacial score (nSPS) is 15.6. The van der Waals surface area contributed by atoms with Gasteiger partial charge in [-0.1, -0.05) is 12.8 Å². The van der Waals surface area contributed by atoms with Crippen LogP contribution in [0.15, 0.2) is 36.7 Å². The number of alkyl halides is 3. The van der Waals surface area contributed by atoms with Crippen molar-refractivity contribution < 1.29 is 13.2 Å². The first-order valence-electron chi connectivity index (χ1n) is 7.53. The maximum atomic E-state index is 12.5. The minimum Gasteiger partial charge on any atom is -0.367 e. The molecule has 1 aliphatic rings. The fourth-order valence-electron chi connectivity index (χ4n) is 2.67. The molecule has 0 aliphatic heterocycles. The van der Waals surface area contributed by atoms with Gasteiger partial charge in [-0.05, 0) is 37.1 Å². The molecule has 3 rings (SSSR count). The van der Waals surface area contributed by atoms with Crippen LogP contribution >= 0.6 is 0 Å². The van der Waals surface area contributed by atoms with Crippen LogP contribution < -0.4 is 10.6 Å². The molecule has 1 aromatic heterocycles. The Balaban J connectivity index is 1.67. The van der Waals surface area contributed by atoms with Crippen LogP contribution in [-0.4, -0.2) is 16.0 Å². The summed E-state index contributed by atoms with van der Waals surface area (Å²) in [5.74, 6) is 1.27. The quantitative estimate of drug-likeness (QED) is 0.864. The standard InChI is InChI=1S/C16H17F3N4/c17-16(18,19)11-5-7-13(8-6-11)23-15-9-14(20-10-21-15)22-12-3-1-2-4-12/h5-10,12H,1-4H2,(H2,20,21,22,23). The summed E-state index contributed by atoms with van der Waals surface area (Å²) in [4.78, 5) is 8.28. The predicted octanol–water partition coefficient (Wildman–Crippen LogP) is 4.59. The molecule has 23 heavy (non-hydrogen) atoms. The smallest absolute Gasteiger partial charge is 0.367 e. The van der Waals surface area contributed by atoms with Crippen LogP contribution in [-0.2, 0) is 6.18 Å². The zero-order valence-corrected chi connectivity index (χ0v) is 12.4. The first-order valence-corrected chi connectivity index (χ1v) is 7.53. The monoisotopic (exact) mass is 322 g/mol. The molecule has 0 amide bonds. The van der Waals surface area contributed by atoms with Crippen LogP contribution in [0.25, 0.3) is 0 Å². The molecule has 2 aromatic rings. The van der Waals surface area contributed by atoms with Crippen molar-refractivity contribution in [1.29, 1.82) is 0 Å². The second-order valence-electron chi connectivity index (χ2n) is 5.61. The Bertz CT molecular complexity index is 649. The molecule has 1 heterocycles. The first-order chi connectivity index (χ1) is 11.0. The Morgan fingerprint density at radius 3 is 2.26 bits per heavy atom. The Morgan fingerprint density at radius 2 is 1.61 bits per heavy atom. The predicted molar refractivity (Wildman–Crippen MR) is 82.6 cm³/mol. The fraction of sp³-hybridized carbons (Fsp3) is 0.375. The number of nitrogens with zero attached hydrogens (tertiary/aromatic N) is 2. The second kappa shape index (κ2) is 6.44. The van der Waals surface area contributed by atoms with E-state index >= 15 is 0 Å². The molecule has 1 saturated carbocycles. The lowest BCUT2D eigenvalue weighted by Gasteiger charge is -2.13. The highest BCUT2D eigenvalue weighted by Gasteiger charge is 2.29. The van der Waals surface area contributed by atoms with Crippen molar-refractivity contribution in [2.75, 3.05) is 10.6 Å². The van der Waals surface area contributed by atoms with Crippen molar-refractivity contribution in [3.63, 3.8) is 0 Å². The molecule has 1 aliphatic carbocycles. The van der Waals surface area contributed by atoms with Crippen molar-refractivity contribution in [3.8, 4) is 0 Å². The number of hydrogen-bond acceptors (Lipinski definition) is 4. The van der Waals surface area contributed by atoms with Crippen LogP contribution in [0, 0.1) is 0 Å². The molecule has 0 radical (unpaired) electrons. The van der Waals surface area contributed by atoms with Crippen LogP contribution in [0.5, 0.6) is 0 Å². The number of halogens is 3. The van der Waals surface area contributed by atoms with Crippen molar-refractivity contribution in [2.24, 2.45) is 0 Å². The second-order valence-corrected chi connectivity index (χ2v) is 5.61. The topological polar surface area (TPSA) is 49.8 Å². The van der Waals surface area contributed by atoms with Gasteiger partial charge in [-0.2, -0.15) is 13.2 Å². The maximum Gasteiger partial charge on any atom is 0.416 e. The zero-order chi connectivity index (χ0) is 16.3. The Hall–Kier alpha value is -2.31. The van der Waals surface area contributed by atoms with Crippen molar-refractivity contribution >= 4 is 17.3 Å². The van der Waals surface area contributed by atoms with E-state index in [4.69, 9.17) is 0 Å². The summed E-state index contributed by atoms with van der Waals surface area (Å²) in [6.07, 6.45) is 1.81. The third-order valence-electron chi connectivity index (χ3n) is 3.86. The van der Waals surface area contributed by atoms with E-state index in [2.05, 4.69) is 20.6 Å². The minimum absolute atomic E-state index is 0.434. The molecule has 7 heteroatoms. The zero-order valence-electron chi connectivity index (χ0n) is 12.4. The van der Waals surface area contributed by atoms with Gasteiger partial charge in [-0.3, -0.25) is 0 Å². The van der Waals surface area contributed by atoms with E-state index in [0.717, 1.165) is 30.8 Å². The summed E-state index contributed by atoms with van der Waals surface area (Å²) >= 11 is 0. The van der Waals surface area contributed by atoms with Gasteiger partial charge in [-0.15, -0.1) is 0 Å². The number of benzene rings is 1. The summed E-state index contributed by atoms with van der Waals surface area (Å²) in [7, 11) is 0. The van der Waals surface area contributed by atoms with Gasteiger partial charge in [0.2, 0.25) is 0 Å². The van der Waals surface area contributed by atoms with E-state index in [9.17, 15) is 13.2 Å². The summed E-state index contributed by atoms with van der Waals surface area (Å²) in [6.45, 7) is 0. The lowest BCUT2D eigenvalue weighted by atomic mass is 10.2. The van der Waals surface area contributed by atoms with Crippen LogP contribution in [0.2, 0.25) is 0 Å². The molecule has 0 unspecified atom stereocenters. The largest absolute Gasteiger partial charge is 0.416 e. The summed E-state index contributed by atoms with van der Waals surface area (Å²) < 4.78 is 37.6. The third-order valence-corrected chi connectivity index (χ3v) is 3.86. The average molecular weight is 322 g/mol. The van der Waals surface area contributed by atoms with Gasteiger partial charge in [0.05, 0.1) is 5.56 Å². The third kappa shape index (κ3) is 4.12. The number of rotatable bonds is 4. The molecular formula is C16H17F3N4. The molecule has 4 nitrogen and oxygen atoms in total. The highest BCUT2D eigenvalue weighted by Crippen LogP contribution is 2.30. The molecule has 0 saturated heterocycles. The molecule has 0 atom stereocenters. The van der Waals surface area contributed by atoms with Crippen molar-refractivity contribution in [2.45, 2.75) is 37.9 Å². The molecule has 1 aromatic carbocycles. The van der Waals surface area contributed by atoms with E-state index in [0.29, 0.717) is 17.5 Å². The number of aromatic nitrogens is 2. The van der Waals surface area contributed by atoms with E-state index in [1.54, 1.807) is 6.07 Å². The van der Waals surface area contributed by atoms with Gasteiger partial charge in [0.1, 0.15) is 18.0 Å². The minimum atomic E-state index is -4.33. The maximum absolute atomic E-state index is 12.5. The Kier molecular flexibility index (Phi) is 4.36. The SMILES string of the molecule is FC(F)(F)c1ccc(Nc2cc(NC3CCCC3)ncn2)cc1. The lowest BCUT2D eigenvalue weighted by Crippen LogP contribution is -2.15. The lowest BCUT2D eigenvalue weighted by molar-refractivity contribution is -0.137. The van der Waals surface area contributed by atoms with E-state index in [-0.39, 0.29) is 0 Å². The van der Waals surface area contributed by atoms with Crippen LogP contribution in [0.4, 0.5) is 30.5 Å². The molecule has 122 valence electrons.